The molecule has 1 saturated carbocycles. The average Bonchev–Trinajstić information content (AvgIpc) is 3.18. The van der Waals surface area contributed by atoms with E-state index in [-0.39, 0.29) is 0 Å². The van der Waals surface area contributed by atoms with E-state index in [0.717, 1.165) is 11.1 Å². The fourth-order valence-corrected chi connectivity index (χ4v) is 2.40. The van der Waals surface area contributed by atoms with E-state index < -0.39 is 11.4 Å². The van der Waals surface area contributed by atoms with E-state index in [4.69, 9.17) is 9.47 Å². The molecular weight excluding hydrogens is 244 g/mol. The standard InChI is InChI=1S/C15H20O4/c1-9(2)10-7-11(15(5-6-15)14(16)17)13(19-4)12(8-10)18-3/h7-9H,5-6H2,1-4H3,(H,16,17). The third-order valence-corrected chi connectivity index (χ3v) is 3.84. The van der Waals surface area contributed by atoms with Crippen LogP contribution in [0.1, 0.15) is 43.7 Å². The normalized spacial score (nSPS) is 16.3. The highest BCUT2D eigenvalue weighted by atomic mass is 16.5. The molecule has 0 amide bonds. The zero-order valence-electron chi connectivity index (χ0n) is 11.8. The van der Waals surface area contributed by atoms with Crippen LogP contribution < -0.4 is 9.47 Å². The third-order valence-electron chi connectivity index (χ3n) is 3.84. The molecule has 19 heavy (non-hydrogen) atoms. The Hall–Kier alpha value is -1.71. The number of carboxylic acid groups (broad SMARTS) is 1. The molecule has 0 bridgehead atoms. The summed E-state index contributed by atoms with van der Waals surface area (Å²) >= 11 is 0. The van der Waals surface area contributed by atoms with Gasteiger partial charge in [0.1, 0.15) is 0 Å². The molecule has 1 aliphatic carbocycles. The van der Waals surface area contributed by atoms with Crippen LogP contribution in [0.5, 0.6) is 11.5 Å². The summed E-state index contributed by atoms with van der Waals surface area (Å²) in [5.74, 6) is 0.680. The summed E-state index contributed by atoms with van der Waals surface area (Å²) < 4.78 is 10.7. The highest BCUT2D eigenvalue weighted by molar-refractivity contribution is 5.86. The number of ether oxygens (including phenoxy) is 2. The second kappa shape index (κ2) is 4.76. The lowest BCUT2D eigenvalue weighted by Crippen LogP contribution is -2.21. The summed E-state index contributed by atoms with van der Waals surface area (Å²) in [6.45, 7) is 4.15. The molecular formula is C15H20O4. The summed E-state index contributed by atoms with van der Waals surface area (Å²) in [7, 11) is 3.13. The Morgan fingerprint density at radius 3 is 2.26 bits per heavy atom. The highest BCUT2D eigenvalue weighted by Gasteiger charge is 2.54. The monoisotopic (exact) mass is 264 g/mol. The van der Waals surface area contributed by atoms with Crippen molar-refractivity contribution in [2.24, 2.45) is 0 Å². The molecule has 0 spiro atoms. The number of hydrogen-bond donors (Lipinski definition) is 1. The van der Waals surface area contributed by atoms with Crippen LogP contribution in [0.4, 0.5) is 0 Å². The maximum atomic E-state index is 11.5. The molecule has 1 aliphatic rings. The zero-order valence-corrected chi connectivity index (χ0v) is 11.8. The largest absolute Gasteiger partial charge is 0.493 e. The lowest BCUT2D eigenvalue weighted by atomic mass is 9.90. The van der Waals surface area contributed by atoms with Crippen molar-refractivity contribution in [2.75, 3.05) is 14.2 Å². The van der Waals surface area contributed by atoms with Crippen molar-refractivity contribution >= 4 is 5.97 Å². The Kier molecular flexibility index (Phi) is 3.43. The number of methoxy groups -OCH3 is 2. The molecule has 4 nitrogen and oxygen atoms in total. The third kappa shape index (κ3) is 2.15. The van der Waals surface area contributed by atoms with Gasteiger partial charge in [0.25, 0.3) is 0 Å². The fourth-order valence-electron chi connectivity index (χ4n) is 2.40. The van der Waals surface area contributed by atoms with Crippen molar-refractivity contribution in [3.63, 3.8) is 0 Å². The minimum absolute atomic E-state index is 0.308. The van der Waals surface area contributed by atoms with Crippen LogP contribution in [-0.4, -0.2) is 25.3 Å². The summed E-state index contributed by atoms with van der Waals surface area (Å²) in [6.07, 6.45) is 1.31. The van der Waals surface area contributed by atoms with Gasteiger partial charge in [-0.05, 0) is 30.4 Å². The van der Waals surface area contributed by atoms with Crippen LogP contribution >= 0.6 is 0 Å². The van der Waals surface area contributed by atoms with Crippen molar-refractivity contribution in [1.82, 2.24) is 0 Å². The highest BCUT2D eigenvalue weighted by Crippen LogP contribution is 2.54. The van der Waals surface area contributed by atoms with Crippen LogP contribution in [0.15, 0.2) is 12.1 Å². The van der Waals surface area contributed by atoms with E-state index in [1.807, 2.05) is 12.1 Å². The Labute approximate surface area is 113 Å². The van der Waals surface area contributed by atoms with Crippen LogP contribution in [0, 0.1) is 0 Å². The van der Waals surface area contributed by atoms with Gasteiger partial charge in [0.15, 0.2) is 11.5 Å². The Bertz CT molecular complexity index is 501. The number of aliphatic carboxylic acids is 1. The lowest BCUT2D eigenvalue weighted by Gasteiger charge is -2.20. The van der Waals surface area contributed by atoms with Gasteiger partial charge in [-0.2, -0.15) is 0 Å². The predicted octanol–water partition coefficient (Wildman–Crippen LogP) is 2.94. The van der Waals surface area contributed by atoms with Crippen molar-refractivity contribution < 1.29 is 19.4 Å². The summed E-state index contributed by atoms with van der Waals surface area (Å²) in [5.41, 5.74) is 1.02. The van der Waals surface area contributed by atoms with E-state index >= 15 is 0 Å². The molecule has 0 heterocycles. The molecule has 1 aromatic carbocycles. The van der Waals surface area contributed by atoms with Gasteiger partial charge in [-0.15, -0.1) is 0 Å². The Morgan fingerprint density at radius 1 is 1.26 bits per heavy atom. The topological polar surface area (TPSA) is 55.8 Å². The van der Waals surface area contributed by atoms with Crippen molar-refractivity contribution in [2.45, 2.75) is 38.0 Å². The van der Waals surface area contributed by atoms with Gasteiger partial charge in [0.2, 0.25) is 0 Å². The molecule has 1 fully saturated rings. The Morgan fingerprint density at radius 2 is 1.89 bits per heavy atom. The minimum Gasteiger partial charge on any atom is -0.493 e. The van der Waals surface area contributed by atoms with Crippen LogP contribution in [0.25, 0.3) is 0 Å². The first-order chi connectivity index (χ1) is 8.96. The molecule has 0 aliphatic heterocycles. The SMILES string of the molecule is COc1cc(C(C)C)cc(C2(C(=O)O)CC2)c1OC. The van der Waals surface area contributed by atoms with E-state index in [2.05, 4.69) is 13.8 Å². The molecule has 0 atom stereocenters. The molecule has 4 heteroatoms. The Balaban J connectivity index is 2.63. The fraction of sp³-hybridized carbons (Fsp3) is 0.533. The molecule has 0 aromatic heterocycles. The van der Waals surface area contributed by atoms with Crippen LogP contribution in [0.2, 0.25) is 0 Å². The molecule has 0 radical (unpaired) electrons. The first kappa shape index (κ1) is 13.7. The first-order valence-electron chi connectivity index (χ1n) is 6.46. The van der Waals surface area contributed by atoms with Crippen LogP contribution in [-0.2, 0) is 10.2 Å². The number of carboxylic acids is 1. The molecule has 1 N–H and O–H groups in total. The molecule has 1 aromatic rings. The summed E-state index contributed by atoms with van der Waals surface area (Å²) in [5, 5.41) is 9.47. The van der Waals surface area contributed by atoms with Gasteiger partial charge in [0.05, 0.1) is 19.6 Å². The van der Waals surface area contributed by atoms with Crippen molar-refractivity contribution in [3.8, 4) is 11.5 Å². The maximum Gasteiger partial charge on any atom is 0.314 e. The van der Waals surface area contributed by atoms with Gasteiger partial charge >= 0.3 is 5.97 Å². The van der Waals surface area contributed by atoms with Gasteiger partial charge in [-0.25, -0.2) is 0 Å². The van der Waals surface area contributed by atoms with Crippen molar-refractivity contribution in [3.05, 3.63) is 23.3 Å². The van der Waals surface area contributed by atoms with Gasteiger partial charge in [-0.3, -0.25) is 4.79 Å². The summed E-state index contributed by atoms with van der Waals surface area (Å²) in [4.78, 5) is 11.5. The molecule has 0 saturated heterocycles. The number of rotatable bonds is 5. The quantitative estimate of drug-likeness (QED) is 0.888. The predicted molar refractivity (Wildman–Crippen MR) is 72.2 cm³/mol. The first-order valence-corrected chi connectivity index (χ1v) is 6.46. The maximum absolute atomic E-state index is 11.5. The van der Waals surface area contributed by atoms with Gasteiger partial charge in [0, 0.05) is 5.56 Å². The second-order valence-electron chi connectivity index (χ2n) is 5.35. The average molecular weight is 264 g/mol. The van der Waals surface area contributed by atoms with E-state index in [0.29, 0.717) is 30.3 Å². The lowest BCUT2D eigenvalue weighted by molar-refractivity contribution is -0.140. The number of hydrogen-bond acceptors (Lipinski definition) is 3. The molecule has 104 valence electrons. The van der Waals surface area contributed by atoms with Crippen molar-refractivity contribution in [1.29, 1.82) is 0 Å². The van der Waals surface area contributed by atoms with E-state index in [1.54, 1.807) is 14.2 Å². The number of carbonyl (C=O) groups is 1. The smallest absolute Gasteiger partial charge is 0.314 e. The van der Waals surface area contributed by atoms with Gasteiger partial charge < -0.3 is 14.6 Å². The van der Waals surface area contributed by atoms with E-state index in [1.165, 1.54) is 0 Å². The zero-order chi connectivity index (χ0) is 14.2. The van der Waals surface area contributed by atoms with E-state index in [9.17, 15) is 9.90 Å². The number of benzene rings is 1. The van der Waals surface area contributed by atoms with Crippen LogP contribution in [0.3, 0.4) is 0 Å². The van der Waals surface area contributed by atoms with Gasteiger partial charge in [-0.1, -0.05) is 19.9 Å². The molecule has 0 unspecified atom stereocenters. The second-order valence-corrected chi connectivity index (χ2v) is 5.35. The molecule has 2 rings (SSSR count). The minimum atomic E-state index is -0.788. The summed E-state index contributed by atoms with van der Waals surface area (Å²) in [6, 6.07) is 3.87.